The molecule has 5 aromatic heterocycles. The first-order valence-electron chi connectivity index (χ1n) is 38.2. The van der Waals surface area contributed by atoms with Crippen LogP contribution in [0.2, 0.25) is 0 Å². The quantitative estimate of drug-likeness (QED) is 0.144. The molecule has 5 heterocycles. The lowest BCUT2D eigenvalue weighted by Crippen LogP contribution is -2.28. The highest BCUT2D eigenvalue weighted by Gasteiger charge is 2.48. The number of benzene rings is 15. The van der Waals surface area contributed by atoms with Gasteiger partial charge in [-0.15, -0.1) is 0 Å². The minimum absolute atomic E-state index is 0.0324. The molecule has 0 bridgehead atoms. The van der Waals surface area contributed by atoms with Crippen molar-refractivity contribution in [1.82, 2.24) is 23.7 Å². The zero-order valence-electron chi connectivity index (χ0n) is 60.8. The van der Waals surface area contributed by atoms with Crippen LogP contribution in [-0.4, -0.2) is 23.7 Å². The summed E-state index contributed by atoms with van der Waals surface area (Å²) in [7, 11) is 0. The second kappa shape index (κ2) is 24.5. The van der Waals surface area contributed by atoms with Crippen LogP contribution in [0.25, 0.3) is 138 Å². The predicted octanol–water partition coefficient (Wildman–Crippen LogP) is 25.8. The van der Waals surface area contributed by atoms with Crippen LogP contribution in [0.5, 0.6) is 0 Å². The van der Waals surface area contributed by atoms with E-state index in [9.17, 15) is 0 Å². The van der Waals surface area contributed by atoms with Crippen LogP contribution in [0.3, 0.4) is 0 Å². The highest BCUT2D eigenvalue weighted by atomic mass is 15.0. The summed E-state index contributed by atoms with van der Waals surface area (Å²) >= 11 is 0. The Morgan fingerprint density at radius 3 is 1.05 bits per heavy atom. The highest BCUT2D eigenvalue weighted by Crippen LogP contribution is 2.60. The molecular weight excluding hydrogens is 1330 g/mol. The third-order valence-electron chi connectivity index (χ3n) is 24.4. The summed E-state index contributed by atoms with van der Waals surface area (Å²) in [5.74, 6) is 0. The average molecular weight is 1400 g/mol. The first-order chi connectivity index (χ1) is 54.3. The molecule has 0 aliphatic heterocycles. The Morgan fingerprint density at radius 1 is 0.209 bits per heavy atom. The lowest BCUT2D eigenvalue weighted by atomic mass is 9.67. The predicted molar refractivity (Wildman–Crippen MR) is 455 cm³/mol. The zero-order valence-corrected chi connectivity index (χ0v) is 60.8. The molecule has 0 N–H and O–H groups in total. The fourth-order valence-electron chi connectivity index (χ4n) is 19.6. The van der Waals surface area contributed by atoms with Crippen molar-refractivity contribution in [2.24, 2.45) is 0 Å². The van der Waals surface area contributed by atoms with Gasteiger partial charge in [-0.2, -0.15) is 0 Å². The van der Waals surface area contributed by atoms with Crippen LogP contribution < -0.4 is 0 Å². The molecule has 0 saturated heterocycles. The van der Waals surface area contributed by atoms with Gasteiger partial charge >= 0.3 is 0 Å². The van der Waals surface area contributed by atoms with Crippen molar-refractivity contribution in [3.8, 4) is 72.7 Å². The van der Waals surface area contributed by atoms with Gasteiger partial charge in [-0.3, -0.25) is 9.97 Å². The number of fused-ring (bicyclic) bond motifs is 18. The number of para-hydroxylation sites is 2. The summed E-state index contributed by atoms with van der Waals surface area (Å²) in [6, 6.07) is 140. The summed E-state index contributed by atoms with van der Waals surface area (Å²) in [4.78, 5) is 10.1. The Balaban J connectivity index is 0.000000136. The van der Waals surface area contributed by atoms with Crippen LogP contribution in [0.1, 0.15) is 69.5 Å². The molecule has 5 heteroatoms. The Morgan fingerprint density at radius 2 is 0.564 bits per heavy atom. The minimum atomic E-state index is -0.470. The van der Waals surface area contributed by atoms with Gasteiger partial charge in [0, 0.05) is 56.4 Å². The molecule has 0 radical (unpaired) electrons. The summed E-state index contributed by atoms with van der Waals surface area (Å²) in [6.45, 7) is 4.69. The summed E-state index contributed by atoms with van der Waals surface area (Å²) < 4.78 is 7.16. The maximum atomic E-state index is 5.04. The Bertz CT molecular complexity index is 6990. The molecule has 0 saturated carbocycles. The van der Waals surface area contributed by atoms with Crippen molar-refractivity contribution in [1.29, 1.82) is 0 Å². The number of hydrogen-bond donors (Lipinski definition) is 0. The molecule has 110 heavy (non-hydrogen) atoms. The molecule has 15 aromatic carbocycles. The highest BCUT2D eigenvalue weighted by molar-refractivity contribution is 6.13. The van der Waals surface area contributed by atoms with E-state index in [0.29, 0.717) is 0 Å². The van der Waals surface area contributed by atoms with Crippen molar-refractivity contribution >= 4 is 65.7 Å². The maximum Gasteiger partial charge on any atom is 0.0963 e. The zero-order chi connectivity index (χ0) is 72.8. The molecular formula is C105H71N5. The van der Waals surface area contributed by atoms with Crippen molar-refractivity contribution in [2.45, 2.75) is 30.1 Å². The lowest BCUT2D eigenvalue weighted by molar-refractivity contribution is 0.660. The average Bonchev–Trinajstić information content (AvgIpc) is 1.53. The van der Waals surface area contributed by atoms with Gasteiger partial charge < -0.3 is 13.7 Å². The van der Waals surface area contributed by atoms with Crippen molar-refractivity contribution in [3.05, 3.63) is 450 Å². The Labute approximate surface area is 638 Å². The number of hydrogen-bond acceptors (Lipinski definition) is 2. The van der Waals surface area contributed by atoms with Gasteiger partial charge in [0.2, 0.25) is 0 Å². The van der Waals surface area contributed by atoms with Gasteiger partial charge in [0.15, 0.2) is 0 Å². The molecule has 516 valence electrons. The van der Waals surface area contributed by atoms with Gasteiger partial charge in [0.05, 0.1) is 55.0 Å². The van der Waals surface area contributed by atoms with E-state index in [1.54, 1.807) is 0 Å². The van der Waals surface area contributed by atoms with E-state index >= 15 is 0 Å². The van der Waals surface area contributed by atoms with Gasteiger partial charge in [-0.05, 0) is 220 Å². The Hall–Kier alpha value is -14.0. The molecule has 23 rings (SSSR count). The third kappa shape index (κ3) is 9.16. The van der Waals surface area contributed by atoms with E-state index in [2.05, 4.69) is 410 Å². The second-order valence-electron chi connectivity index (χ2n) is 30.2. The largest absolute Gasteiger partial charge is 0.309 e. The fraction of sp³-hybridized carbons (Fsp3) is 0.0476. The number of rotatable bonds is 9. The van der Waals surface area contributed by atoms with Gasteiger partial charge in [-0.25, -0.2) is 0 Å². The summed E-state index contributed by atoms with van der Waals surface area (Å²) in [6.07, 6.45) is 3.84. The smallest absolute Gasteiger partial charge is 0.0963 e. The van der Waals surface area contributed by atoms with Crippen LogP contribution in [0.4, 0.5) is 0 Å². The molecule has 0 fully saturated rings. The fourth-order valence-corrected chi connectivity index (χ4v) is 19.6. The van der Waals surface area contributed by atoms with Crippen LogP contribution in [-0.2, 0) is 16.2 Å². The third-order valence-corrected chi connectivity index (χ3v) is 24.4. The molecule has 0 atom stereocenters. The first-order valence-corrected chi connectivity index (χ1v) is 38.2. The first kappa shape index (κ1) is 63.3. The minimum Gasteiger partial charge on any atom is -0.309 e. The molecule has 3 aliphatic rings. The van der Waals surface area contributed by atoms with E-state index in [0.717, 1.165) is 55.2 Å². The van der Waals surface area contributed by atoms with E-state index in [1.165, 1.54) is 139 Å². The normalized spacial score (nSPS) is 13.8. The Kier molecular flexibility index (Phi) is 14.1. The maximum absolute atomic E-state index is 5.04. The monoisotopic (exact) mass is 1400 g/mol. The van der Waals surface area contributed by atoms with Crippen molar-refractivity contribution in [3.63, 3.8) is 0 Å². The summed E-state index contributed by atoms with van der Waals surface area (Å²) in [5.41, 5.74) is 37.1. The van der Waals surface area contributed by atoms with Crippen LogP contribution in [0.15, 0.2) is 395 Å². The SMILES string of the molecule is CC1(C)c2ccccc2-c2ccc(-c3ccc(-n4c5cc6c(cc5c5ncccc54)C(c4ccccc4)(c4ccccc4)c4ccccc4-6)cc3)cc21.c1ccc(-n2c3ccccc3c3cc(-c4ccc(-n5c6cc7c(cc6c6ncccc65)C(c5ccccc5)(c5ccccc5)c5ccccc5-7)cc4)ccc32)cc1. The molecule has 20 aromatic rings. The van der Waals surface area contributed by atoms with Gasteiger partial charge in [-0.1, -0.05) is 287 Å². The van der Waals surface area contributed by atoms with Crippen LogP contribution in [0, 0.1) is 0 Å². The molecule has 5 nitrogen and oxygen atoms in total. The topological polar surface area (TPSA) is 40.6 Å². The van der Waals surface area contributed by atoms with E-state index in [1.807, 2.05) is 12.4 Å². The second-order valence-corrected chi connectivity index (χ2v) is 30.2. The number of nitrogens with zero attached hydrogens (tertiary/aromatic N) is 5. The van der Waals surface area contributed by atoms with E-state index < -0.39 is 10.8 Å². The van der Waals surface area contributed by atoms with E-state index in [4.69, 9.17) is 9.97 Å². The summed E-state index contributed by atoms with van der Waals surface area (Å²) in [5, 5.41) is 4.82. The lowest BCUT2D eigenvalue weighted by Gasteiger charge is -2.33. The molecule has 3 aliphatic carbocycles. The van der Waals surface area contributed by atoms with Gasteiger partial charge in [0.25, 0.3) is 0 Å². The standard InChI is InChI=1S/C54H35N3.C51H36N2/c1-4-15-38(16-5-1)54(39-17-6-2-7-18-39)47-23-12-10-21-42(47)44-35-52-46(34-48(44)54)53-51(25-14-32-55-53)57(52)41-29-26-36(27-30-41)37-28-31-50-45(33-37)43-22-11-13-24-49(43)56(50)40-19-8-3-9-20-40;1-50(2)43-20-11-9-18-38(43)40-28-25-34(30-45(40)50)33-23-26-37(27-24-33)53-47-22-13-29-52-49(47)42-31-46-41(32-48(42)53)39-19-10-12-21-44(39)51(46,35-14-5-3-6-15-35)36-16-7-4-8-17-36/h1-35H;3-32H,1-2H3. The number of pyridine rings is 2. The van der Waals surface area contributed by atoms with E-state index in [-0.39, 0.29) is 5.41 Å². The molecule has 0 amide bonds. The van der Waals surface area contributed by atoms with Crippen LogP contribution >= 0.6 is 0 Å². The number of aromatic nitrogens is 5. The van der Waals surface area contributed by atoms with Gasteiger partial charge in [0.1, 0.15) is 0 Å². The molecule has 0 unspecified atom stereocenters. The van der Waals surface area contributed by atoms with Crippen molar-refractivity contribution < 1.29 is 0 Å². The molecule has 0 spiro atoms. The van der Waals surface area contributed by atoms with Crippen molar-refractivity contribution in [2.75, 3.05) is 0 Å².